The standard InChI is InChI=1S/C24H31N3O3S/c1-6-29-20-12-13-21-22(16-20)31-24(25-21)27(15-7-14-26(4)5)23(28)18-8-10-19(11-9-18)30-17(2)3/h8-13,16-17H,6-7,14-15H2,1-5H3. The molecule has 0 N–H and O–H groups in total. The maximum Gasteiger partial charge on any atom is 0.260 e. The number of hydrogen-bond acceptors (Lipinski definition) is 6. The van der Waals surface area contributed by atoms with E-state index < -0.39 is 0 Å². The van der Waals surface area contributed by atoms with Crippen LogP contribution in [-0.2, 0) is 0 Å². The number of aromatic nitrogens is 1. The molecule has 3 aromatic rings. The SMILES string of the molecule is CCOc1ccc2nc(N(CCCN(C)C)C(=O)c3ccc(OC(C)C)cc3)sc2c1. The Morgan fingerprint density at radius 2 is 1.77 bits per heavy atom. The summed E-state index contributed by atoms with van der Waals surface area (Å²) in [5.41, 5.74) is 1.49. The van der Waals surface area contributed by atoms with E-state index >= 15 is 0 Å². The topological polar surface area (TPSA) is 54.9 Å². The van der Waals surface area contributed by atoms with Crippen LogP contribution in [0.4, 0.5) is 5.13 Å². The Labute approximate surface area is 188 Å². The average Bonchev–Trinajstić information content (AvgIpc) is 3.14. The summed E-state index contributed by atoms with van der Waals surface area (Å²) in [7, 11) is 4.07. The molecule has 0 atom stereocenters. The van der Waals surface area contributed by atoms with Crippen LogP contribution in [-0.4, -0.2) is 55.7 Å². The first-order valence-corrected chi connectivity index (χ1v) is 11.5. The largest absolute Gasteiger partial charge is 0.494 e. The second-order valence-corrected chi connectivity index (χ2v) is 8.87. The molecule has 0 fully saturated rings. The summed E-state index contributed by atoms with van der Waals surface area (Å²) in [5.74, 6) is 1.52. The molecule has 0 aliphatic rings. The van der Waals surface area contributed by atoms with Gasteiger partial charge in [0, 0.05) is 12.1 Å². The Morgan fingerprint density at radius 1 is 1.06 bits per heavy atom. The number of anilines is 1. The lowest BCUT2D eigenvalue weighted by Crippen LogP contribution is -2.33. The predicted molar refractivity (Wildman–Crippen MR) is 128 cm³/mol. The molecule has 0 unspecified atom stereocenters. The van der Waals surface area contributed by atoms with Crippen LogP contribution < -0.4 is 14.4 Å². The molecular formula is C24H31N3O3S. The third kappa shape index (κ3) is 6.18. The molecule has 166 valence electrons. The molecule has 2 aromatic carbocycles. The fourth-order valence-corrected chi connectivity index (χ4v) is 4.22. The summed E-state index contributed by atoms with van der Waals surface area (Å²) in [4.78, 5) is 22.1. The summed E-state index contributed by atoms with van der Waals surface area (Å²) in [6.07, 6.45) is 0.946. The number of amides is 1. The quantitative estimate of drug-likeness (QED) is 0.439. The minimum atomic E-state index is -0.0565. The first kappa shape index (κ1) is 23.0. The van der Waals surface area contributed by atoms with Gasteiger partial charge in [-0.25, -0.2) is 4.98 Å². The number of thiazole rings is 1. The van der Waals surface area contributed by atoms with Crippen LogP contribution in [0.3, 0.4) is 0 Å². The molecule has 0 saturated heterocycles. The van der Waals surface area contributed by atoms with E-state index in [2.05, 4.69) is 4.90 Å². The van der Waals surface area contributed by atoms with E-state index in [9.17, 15) is 4.79 Å². The van der Waals surface area contributed by atoms with Crippen molar-refractivity contribution < 1.29 is 14.3 Å². The second kappa shape index (κ2) is 10.6. The van der Waals surface area contributed by atoms with Gasteiger partial charge in [-0.3, -0.25) is 9.69 Å². The lowest BCUT2D eigenvalue weighted by atomic mass is 10.2. The molecule has 3 rings (SSSR count). The van der Waals surface area contributed by atoms with Crippen molar-refractivity contribution >= 4 is 32.6 Å². The van der Waals surface area contributed by atoms with Gasteiger partial charge < -0.3 is 14.4 Å². The van der Waals surface area contributed by atoms with Crippen molar-refractivity contribution in [3.8, 4) is 11.5 Å². The Bertz CT molecular complexity index is 999. The van der Waals surface area contributed by atoms with Gasteiger partial charge in [-0.2, -0.15) is 0 Å². The molecular weight excluding hydrogens is 410 g/mol. The van der Waals surface area contributed by atoms with Crippen molar-refractivity contribution in [2.24, 2.45) is 0 Å². The summed E-state index contributed by atoms with van der Waals surface area (Å²) < 4.78 is 12.3. The van der Waals surface area contributed by atoms with E-state index in [0.717, 1.165) is 34.7 Å². The molecule has 1 heterocycles. The van der Waals surface area contributed by atoms with Gasteiger partial charge in [0.1, 0.15) is 11.5 Å². The van der Waals surface area contributed by atoms with Gasteiger partial charge in [0.25, 0.3) is 5.91 Å². The fourth-order valence-electron chi connectivity index (χ4n) is 3.20. The summed E-state index contributed by atoms with van der Waals surface area (Å²) in [5, 5.41) is 0.704. The Morgan fingerprint density at radius 3 is 2.42 bits per heavy atom. The van der Waals surface area contributed by atoms with E-state index in [1.165, 1.54) is 11.3 Å². The highest BCUT2D eigenvalue weighted by Crippen LogP contribution is 2.32. The first-order chi connectivity index (χ1) is 14.9. The van der Waals surface area contributed by atoms with E-state index in [1.54, 1.807) is 4.90 Å². The van der Waals surface area contributed by atoms with Crippen LogP contribution in [0.5, 0.6) is 11.5 Å². The monoisotopic (exact) mass is 441 g/mol. The number of hydrogen-bond donors (Lipinski definition) is 0. The van der Waals surface area contributed by atoms with E-state index in [4.69, 9.17) is 14.5 Å². The van der Waals surface area contributed by atoms with Crippen molar-refractivity contribution in [1.82, 2.24) is 9.88 Å². The molecule has 1 aromatic heterocycles. The van der Waals surface area contributed by atoms with Crippen LogP contribution in [0.2, 0.25) is 0 Å². The molecule has 6 nitrogen and oxygen atoms in total. The second-order valence-electron chi connectivity index (χ2n) is 7.86. The van der Waals surface area contributed by atoms with Crippen molar-refractivity contribution in [3.63, 3.8) is 0 Å². The van der Waals surface area contributed by atoms with Gasteiger partial charge in [0.2, 0.25) is 0 Å². The summed E-state index contributed by atoms with van der Waals surface area (Å²) >= 11 is 1.51. The number of carbonyl (C=O) groups excluding carboxylic acids is 1. The molecule has 0 aliphatic heterocycles. The minimum Gasteiger partial charge on any atom is -0.494 e. The predicted octanol–water partition coefficient (Wildman–Crippen LogP) is 5.08. The number of benzene rings is 2. The molecule has 0 saturated carbocycles. The first-order valence-electron chi connectivity index (χ1n) is 10.6. The molecule has 0 spiro atoms. The van der Waals surface area contributed by atoms with Crippen LogP contribution in [0.25, 0.3) is 10.2 Å². The van der Waals surface area contributed by atoms with Gasteiger partial charge in [-0.1, -0.05) is 11.3 Å². The van der Waals surface area contributed by atoms with Gasteiger partial charge in [0.15, 0.2) is 5.13 Å². The zero-order valence-corrected chi connectivity index (χ0v) is 19.7. The van der Waals surface area contributed by atoms with Crippen LogP contribution in [0.1, 0.15) is 37.6 Å². The fraction of sp³-hybridized carbons (Fsp3) is 0.417. The maximum absolute atomic E-state index is 13.4. The zero-order valence-electron chi connectivity index (χ0n) is 18.9. The van der Waals surface area contributed by atoms with Gasteiger partial charge in [0.05, 0.1) is 22.9 Å². The highest BCUT2D eigenvalue weighted by Gasteiger charge is 2.21. The average molecular weight is 442 g/mol. The number of ether oxygens (including phenoxy) is 2. The van der Waals surface area contributed by atoms with Crippen LogP contribution in [0.15, 0.2) is 42.5 Å². The van der Waals surface area contributed by atoms with Crippen molar-refractivity contribution in [2.75, 3.05) is 38.7 Å². The highest BCUT2D eigenvalue weighted by atomic mass is 32.1. The number of fused-ring (bicyclic) bond motifs is 1. The van der Waals surface area contributed by atoms with Crippen molar-refractivity contribution in [2.45, 2.75) is 33.3 Å². The lowest BCUT2D eigenvalue weighted by Gasteiger charge is -2.21. The van der Waals surface area contributed by atoms with Crippen LogP contribution in [0, 0.1) is 0 Å². The Balaban J connectivity index is 1.88. The van der Waals surface area contributed by atoms with E-state index in [1.807, 2.05) is 77.3 Å². The summed E-state index contributed by atoms with van der Waals surface area (Å²) in [6, 6.07) is 13.2. The van der Waals surface area contributed by atoms with Gasteiger partial charge in [-0.15, -0.1) is 0 Å². The third-order valence-electron chi connectivity index (χ3n) is 4.60. The summed E-state index contributed by atoms with van der Waals surface area (Å²) in [6.45, 7) is 8.03. The lowest BCUT2D eigenvalue weighted by molar-refractivity contribution is 0.0986. The number of nitrogens with zero attached hydrogens (tertiary/aromatic N) is 3. The minimum absolute atomic E-state index is 0.0565. The molecule has 0 bridgehead atoms. The Hall–Kier alpha value is -2.64. The van der Waals surface area contributed by atoms with Gasteiger partial charge in [-0.05, 0) is 90.3 Å². The van der Waals surface area contributed by atoms with Crippen LogP contribution >= 0.6 is 11.3 Å². The van der Waals surface area contributed by atoms with Gasteiger partial charge >= 0.3 is 0 Å². The van der Waals surface area contributed by atoms with Crippen molar-refractivity contribution in [1.29, 1.82) is 0 Å². The number of carbonyl (C=O) groups is 1. The zero-order chi connectivity index (χ0) is 22.4. The maximum atomic E-state index is 13.4. The third-order valence-corrected chi connectivity index (χ3v) is 5.64. The molecule has 0 radical (unpaired) electrons. The van der Waals surface area contributed by atoms with E-state index in [-0.39, 0.29) is 12.0 Å². The Kier molecular flexibility index (Phi) is 7.87. The highest BCUT2D eigenvalue weighted by molar-refractivity contribution is 7.22. The van der Waals surface area contributed by atoms with Crippen molar-refractivity contribution in [3.05, 3.63) is 48.0 Å². The smallest absolute Gasteiger partial charge is 0.260 e. The molecule has 0 aliphatic carbocycles. The molecule has 1 amide bonds. The van der Waals surface area contributed by atoms with E-state index in [0.29, 0.717) is 23.8 Å². The molecule has 31 heavy (non-hydrogen) atoms. The normalized spacial score (nSPS) is 11.3. The molecule has 7 heteroatoms. The number of rotatable bonds is 10.